The second-order valence-corrected chi connectivity index (χ2v) is 9.24. The number of methoxy groups -OCH3 is 2. The minimum Gasteiger partial charge on any atom is -0.381 e. The van der Waals surface area contributed by atoms with E-state index in [0.29, 0.717) is 24.0 Å². The van der Waals surface area contributed by atoms with Crippen molar-refractivity contribution in [2.75, 3.05) is 14.2 Å². The first-order valence-corrected chi connectivity index (χ1v) is 10.8. The fourth-order valence-electron chi connectivity index (χ4n) is 6.03. The number of ether oxygens (including phenoxy) is 2. The first-order valence-electron chi connectivity index (χ1n) is 10.4. The Balaban J connectivity index is 1.73. The van der Waals surface area contributed by atoms with E-state index in [9.17, 15) is 0 Å². The Labute approximate surface area is 154 Å². The van der Waals surface area contributed by atoms with Crippen molar-refractivity contribution in [2.24, 2.45) is 17.8 Å². The summed E-state index contributed by atoms with van der Waals surface area (Å²) in [5, 5.41) is 0. The van der Waals surface area contributed by atoms with Gasteiger partial charge in [0.15, 0.2) is 0 Å². The number of halogens is 1. The van der Waals surface area contributed by atoms with Crippen LogP contribution in [-0.4, -0.2) is 31.3 Å². The molecule has 0 aromatic carbocycles. The molecule has 24 heavy (non-hydrogen) atoms. The highest BCUT2D eigenvalue weighted by Gasteiger charge is 2.50. The van der Waals surface area contributed by atoms with Crippen molar-refractivity contribution >= 4 is 11.6 Å². The predicted molar refractivity (Wildman–Crippen MR) is 101 cm³/mol. The number of hydrogen-bond acceptors (Lipinski definition) is 2. The van der Waals surface area contributed by atoms with Gasteiger partial charge in [-0.1, -0.05) is 19.3 Å². The van der Waals surface area contributed by atoms with Crippen molar-refractivity contribution < 1.29 is 9.47 Å². The summed E-state index contributed by atoms with van der Waals surface area (Å²) in [5.41, 5.74) is 0. The Morgan fingerprint density at radius 1 is 0.583 bits per heavy atom. The van der Waals surface area contributed by atoms with Crippen LogP contribution in [0.5, 0.6) is 0 Å². The first-order chi connectivity index (χ1) is 11.7. The molecule has 0 aliphatic heterocycles. The largest absolute Gasteiger partial charge is 0.381 e. The molecule has 0 spiro atoms. The van der Waals surface area contributed by atoms with Crippen molar-refractivity contribution in [1.82, 2.24) is 0 Å². The van der Waals surface area contributed by atoms with Gasteiger partial charge in [-0.25, -0.2) is 0 Å². The third-order valence-electron chi connectivity index (χ3n) is 7.50. The summed E-state index contributed by atoms with van der Waals surface area (Å²) in [4.78, 5) is 0.0395. The van der Waals surface area contributed by atoms with Crippen LogP contribution in [0.15, 0.2) is 0 Å². The van der Waals surface area contributed by atoms with Gasteiger partial charge in [-0.2, -0.15) is 0 Å². The standard InChI is InChI=1S/C21H37ClO2/c1-23-19-12-8-17(9-13-19)21(22,16-6-4-3-5-7-16)18-10-14-20(24-2)15-11-18/h16-20H,3-15H2,1-2H3. The maximum Gasteiger partial charge on any atom is 0.0571 e. The van der Waals surface area contributed by atoms with E-state index in [1.165, 1.54) is 83.5 Å². The van der Waals surface area contributed by atoms with E-state index in [2.05, 4.69) is 0 Å². The Bertz CT molecular complexity index is 340. The average molecular weight is 357 g/mol. The van der Waals surface area contributed by atoms with Crippen LogP contribution in [-0.2, 0) is 9.47 Å². The summed E-state index contributed by atoms with van der Waals surface area (Å²) in [6.45, 7) is 0. The molecule has 0 radical (unpaired) electrons. The van der Waals surface area contributed by atoms with Gasteiger partial charge in [-0.15, -0.1) is 11.6 Å². The van der Waals surface area contributed by atoms with E-state index in [-0.39, 0.29) is 4.87 Å². The highest BCUT2D eigenvalue weighted by molar-refractivity contribution is 6.24. The molecule has 140 valence electrons. The second-order valence-electron chi connectivity index (χ2n) is 8.58. The van der Waals surface area contributed by atoms with Crippen LogP contribution in [0.1, 0.15) is 83.5 Å². The lowest BCUT2D eigenvalue weighted by Gasteiger charge is -2.51. The fourth-order valence-corrected chi connectivity index (χ4v) is 6.68. The summed E-state index contributed by atoms with van der Waals surface area (Å²) in [6, 6.07) is 0. The van der Waals surface area contributed by atoms with Gasteiger partial charge in [0.25, 0.3) is 0 Å². The van der Waals surface area contributed by atoms with E-state index in [4.69, 9.17) is 21.1 Å². The molecule has 0 bridgehead atoms. The van der Waals surface area contributed by atoms with Crippen molar-refractivity contribution in [1.29, 1.82) is 0 Å². The van der Waals surface area contributed by atoms with Crippen molar-refractivity contribution in [3.8, 4) is 0 Å². The van der Waals surface area contributed by atoms with Crippen LogP contribution in [0.25, 0.3) is 0 Å². The second kappa shape index (κ2) is 8.73. The number of rotatable bonds is 5. The number of alkyl halides is 1. The fraction of sp³-hybridized carbons (Fsp3) is 1.00. The average Bonchev–Trinajstić information content (AvgIpc) is 2.68. The lowest BCUT2D eigenvalue weighted by Crippen LogP contribution is -2.50. The summed E-state index contributed by atoms with van der Waals surface area (Å²) < 4.78 is 11.2. The molecule has 0 amide bonds. The summed E-state index contributed by atoms with van der Waals surface area (Å²) in [5.74, 6) is 2.12. The molecular formula is C21H37ClO2. The van der Waals surface area contributed by atoms with Gasteiger partial charge in [0.05, 0.1) is 17.1 Å². The quantitative estimate of drug-likeness (QED) is 0.566. The third-order valence-corrected chi connectivity index (χ3v) is 8.42. The molecule has 0 aromatic rings. The van der Waals surface area contributed by atoms with Crippen LogP contribution in [0.3, 0.4) is 0 Å². The summed E-state index contributed by atoms with van der Waals surface area (Å²) >= 11 is 7.68. The molecule has 0 N–H and O–H groups in total. The van der Waals surface area contributed by atoms with Crippen molar-refractivity contribution in [2.45, 2.75) is 101 Å². The van der Waals surface area contributed by atoms with E-state index in [1.807, 2.05) is 14.2 Å². The topological polar surface area (TPSA) is 18.5 Å². The molecule has 0 saturated heterocycles. The molecule has 0 aromatic heterocycles. The lowest BCUT2D eigenvalue weighted by molar-refractivity contribution is 0.00551. The highest BCUT2D eigenvalue weighted by atomic mass is 35.5. The lowest BCUT2D eigenvalue weighted by atomic mass is 9.61. The van der Waals surface area contributed by atoms with Crippen LogP contribution < -0.4 is 0 Å². The smallest absolute Gasteiger partial charge is 0.0571 e. The summed E-state index contributed by atoms with van der Waals surface area (Å²) in [6.07, 6.45) is 17.7. The molecule has 3 aliphatic rings. The maximum absolute atomic E-state index is 7.68. The normalized spacial score (nSPS) is 38.6. The van der Waals surface area contributed by atoms with Crippen LogP contribution in [0.4, 0.5) is 0 Å². The third kappa shape index (κ3) is 3.96. The van der Waals surface area contributed by atoms with Gasteiger partial charge in [-0.3, -0.25) is 0 Å². The molecule has 3 heteroatoms. The van der Waals surface area contributed by atoms with E-state index in [0.717, 1.165) is 5.92 Å². The maximum atomic E-state index is 7.68. The van der Waals surface area contributed by atoms with Crippen molar-refractivity contribution in [3.63, 3.8) is 0 Å². The Kier molecular flexibility index (Phi) is 6.91. The van der Waals surface area contributed by atoms with E-state index >= 15 is 0 Å². The number of hydrogen-bond donors (Lipinski definition) is 0. The minimum absolute atomic E-state index is 0.0395. The van der Waals surface area contributed by atoms with E-state index in [1.54, 1.807) is 0 Å². The van der Waals surface area contributed by atoms with Gasteiger partial charge in [0.1, 0.15) is 0 Å². The monoisotopic (exact) mass is 356 g/mol. The Morgan fingerprint density at radius 3 is 1.33 bits per heavy atom. The predicted octanol–water partition coefficient (Wildman–Crippen LogP) is 5.95. The SMILES string of the molecule is COC1CCC(C(Cl)(C2CCCCC2)C2CCC(OC)CC2)CC1. The van der Waals surface area contributed by atoms with Gasteiger partial charge < -0.3 is 9.47 Å². The molecular weight excluding hydrogens is 320 g/mol. The first kappa shape index (κ1) is 19.0. The van der Waals surface area contributed by atoms with Crippen LogP contribution >= 0.6 is 11.6 Å². The van der Waals surface area contributed by atoms with Gasteiger partial charge in [0.2, 0.25) is 0 Å². The molecule has 0 atom stereocenters. The molecule has 3 saturated carbocycles. The Hall–Kier alpha value is 0.210. The van der Waals surface area contributed by atoms with Gasteiger partial charge in [-0.05, 0) is 82.0 Å². The van der Waals surface area contributed by atoms with E-state index < -0.39 is 0 Å². The molecule has 0 unspecified atom stereocenters. The zero-order valence-corrected chi connectivity index (χ0v) is 16.5. The molecule has 3 aliphatic carbocycles. The zero-order chi connectivity index (χ0) is 17.0. The molecule has 3 rings (SSSR count). The summed E-state index contributed by atoms with van der Waals surface area (Å²) in [7, 11) is 3.73. The molecule has 3 fully saturated rings. The Morgan fingerprint density at radius 2 is 0.958 bits per heavy atom. The highest BCUT2D eigenvalue weighted by Crippen LogP contribution is 2.54. The van der Waals surface area contributed by atoms with Gasteiger partial charge >= 0.3 is 0 Å². The van der Waals surface area contributed by atoms with Crippen LogP contribution in [0.2, 0.25) is 0 Å². The molecule has 2 nitrogen and oxygen atoms in total. The molecule has 0 heterocycles. The van der Waals surface area contributed by atoms with Crippen LogP contribution in [0, 0.1) is 17.8 Å². The minimum atomic E-state index is 0.0395. The van der Waals surface area contributed by atoms with Gasteiger partial charge in [0, 0.05) is 14.2 Å². The zero-order valence-electron chi connectivity index (χ0n) is 15.8. The van der Waals surface area contributed by atoms with Crippen molar-refractivity contribution in [3.05, 3.63) is 0 Å².